The second kappa shape index (κ2) is 8.30. The third-order valence-corrected chi connectivity index (χ3v) is 5.22. The van der Waals surface area contributed by atoms with E-state index in [0.717, 1.165) is 35.8 Å². The molecule has 3 aromatic rings. The monoisotopic (exact) mass is 413 g/mol. The number of rotatable bonds is 4. The van der Waals surface area contributed by atoms with E-state index < -0.39 is 11.7 Å². The molecule has 0 saturated carbocycles. The summed E-state index contributed by atoms with van der Waals surface area (Å²) >= 11 is 0. The summed E-state index contributed by atoms with van der Waals surface area (Å²) in [5.74, 6) is 1.41. The fraction of sp³-hybridized carbons (Fsp3) is 0.318. The van der Waals surface area contributed by atoms with Gasteiger partial charge in [0.1, 0.15) is 5.82 Å². The van der Waals surface area contributed by atoms with E-state index in [9.17, 15) is 13.2 Å². The van der Waals surface area contributed by atoms with Crippen LogP contribution in [0.5, 0.6) is 0 Å². The zero-order valence-corrected chi connectivity index (χ0v) is 16.6. The highest BCUT2D eigenvalue weighted by Crippen LogP contribution is 2.29. The van der Waals surface area contributed by atoms with Gasteiger partial charge in [-0.05, 0) is 36.2 Å². The van der Waals surface area contributed by atoms with Gasteiger partial charge in [-0.3, -0.25) is 0 Å². The first kappa shape index (κ1) is 20.1. The van der Waals surface area contributed by atoms with E-state index in [0.29, 0.717) is 32.0 Å². The van der Waals surface area contributed by atoms with Crippen LogP contribution < -0.4 is 9.80 Å². The van der Waals surface area contributed by atoms with Gasteiger partial charge in [-0.15, -0.1) is 5.10 Å². The summed E-state index contributed by atoms with van der Waals surface area (Å²) in [7, 11) is 0. The Balaban J connectivity index is 1.39. The van der Waals surface area contributed by atoms with Gasteiger partial charge >= 0.3 is 6.18 Å². The summed E-state index contributed by atoms with van der Waals surface area (Å²) in [5.41, 5.74) is 2.45. The molecule has 0 N–H and O–H groups in total. The number of aryl methyl sites for hydroxylation is 1. The minimum atomic E-state index is -4.37. The summed E-state index contributed by atoms with van der Waals surface area (Å²) in [6, 6.07) is 14.7. The number of benzene rings is 1. The summed E-state index contributed by atoms with van der Waals surface area (Å²) in [5, 5.41) is 8.85. The number of anilines is 2. The van der Waals surface area contributed by atoms with E-state index in [1.54, 1.807) is 0 Å². The lowest BCUT2D eigenvalue weighted by Gasteiger charge is -2.36. The van der Waals surface area contributed by atoms with Crippen molar-refractivity contribution in [3.63, 3.8) is 0 Å². The Hall–Kier alpha value is -3.16. The third-order valence-electron chi connectivity index (χ3n) is 5.22. The molecule has 0 bridgehead atoms. The number of aromatic nitrogens is 3. The first-order valence-corrected chi connectivity index (χ1v) is 9.80. The minimum absolute atomic E-state index is 0.559. The van der Waals surface area contributed by atoms with Gasteiger partial charge in [0.2, 0.25) is 0 Å². The number of hydrogen-bond acceptors (Lipinski definition) is 5. The van der Waals surface area contributed by atoms with Crippen molar-refractivity contribution < 1.29 is 13.2 Å². The number of pyridine rings is 1. The van der Waals surface area contributed by atoms with Crippen LogP contribution in [-0.2, 0) is 12.6 Å². The summed E-state index contributed by atoms with van der Waals surface area (Å²) in [4.78, 5) is 8.15. The minimum Gasteiger partial charge on any atom is -0.353 e. The average Bonchev–Trinajstić information content (AvgIpc) is 2.74. The average molecular weight is 413 g/mol. The van der Waals surface area contributed by atoms with E-state index in [4.69, 9.17) is 0 Å². The molecule has 1 fully saturated rings. The van der Waals surface area contributed by atoms with Crippen LogP contribution in [0.1, 0.15) is 22.4 Å². The Morgan fingerprint density at radius 2 is 1.60 bits per heavy atom. The Kier molecular flexibility index (Phi) is 5.57. The van der Waals surface area contributed by atoms with Gasteiger partial charge in [0.25, 0.3) is 0 Å². The summed E-state index contributed by atoms with van der Waals surface area (Å²) in [6.07, 6.45) is -2.74. The molecule has 156 valence electrons. The molecule has 5 nitrogen and oxygen atoms in total. The van der Waals surface area contributed by atoms with Crippen LogP contribution in [0.15, 0.2) is 54.7 Å². The highest BCUT2D eigenvalue weighted by molar-refractivity contribution is 5.49. The molecule has 0 unspecified atom stereocenters. The quantitative estimate of drug-likeness (QED) is 0.644. The van der Waals surface area contributed by atoms with E-state index >= 15 is 0 Å². The lowest BCUT2D eigenvalue weighted by atomic mass is 10.1. The number of piperazine rings is 1. The van der Waals surface area contributed by atoms with Gasteiger partial charge in [0.15, 0.2) is 5.82 Å². The summed E-state index contributed by atoms with van der Waals surface area (Å²) in [6.45, 7) is 4.76. The SMILES string of the molecule is Cc1cc(Cc2ccccc2)nnc1N1CCN(c2ccc(C(F)(F)F)cn2)CC1. The maximum atomic E-state index is 12.7. The molecule has 0 spiro atoms. The number of nitrogens with zero attached hydrogens (tertiary/aromatic N) is 5. The molecule has 0 atom stereocenters. The molecule has 2 aromatic heterocycles. The van der Waals surface area contributed by atoms with Crippen LogP contribution in [0.3, 0.4) is 0 Å². The number of hydrogen-bond donors (Lipinski definition) is 0. The number of halogens is 3. The Morgan fingerprint density at radius 1 is 0.900 bits per heavy atom. The highest BCUT2D eigenvalue weighted by atomic mass is 19.4. The second-order valence-electron chi connectivity index (χ2n) is 7.38. The molecular formula is C22H22F3N5. The Morgan fingerprint density at radius 3 is 2.20 bits per heavy atom. The first-order valence-electron chi connectivity index (χ1n) is 9.80. The topological polar surface area (TPSA) is 45.2 Å². The normalized spacial score (nSPS) is 14.8. The molecule has 0 amide bonds. The van der Waals surface area contributed by atoms with Crippen LogP contribution in [0.4, 0.5) is 24.8 Å². The zero-order chi connectivity index (χ0) is 21.1. The van der Waals surface area contributed by atoms with E-state index in [1.165, 1.54) is 11.6 Å². The molecule has 1 aliphatic rings. The van der Waals surface area contributed by atoms with Crippen molar-refractivity contribution in [1.29, 1.82) is 0 Å². The predicted molar refractivity (Wildman–Crippen MR) is 110 cm³/mol. The fourth-order valence-corrected chi connectivity index (χ4v) is 3.63. The molecule has 30 heavy (non-hydrogen) atoms. The molecule has 0 aliphatic carbocycles. The van der Waals surface area contributed by atoms with Gasteiger partial charge < -0.3 is 9.80 Å². The van der Waals surface area contributed by atoms with Gasteiger partial charge in [0, 0.05) is 38.8 Å². The molecular weight excluding hydrogens is 391 g/mol. The standard InChI is InChI=1S/C22H22F3N5/c1-16-13-19(14-17-5-3-2-4-6-17)27-28-21(16)30-11-9-29(10-12-30)20-8-7-18(15-26-20)22(23,24)25/h2-8,13,15H,9-12,14H2,1H3. The largest absolute Gasteiger partial charge is 0.417 e. The first-order chi connectivity index (χ1) is 14.4. The lowest BCUT2D eigenvalue weighted by molar-refractivity contribution is -0.137. The van der Waals surface area contributed by atoms with E-state index in [2.05, 4.69) is 38.3 Å². The maximum Gasteiger partial charge on any atom is 0.417 e. The molecule has 1 aliphatic heterocycles. The molecule has 8 heteroatoms. The van der Waals surface area contributed by atoms with Crippen LogP contribution in [-0.4, -0.2) is 41.4 Å². The van der Waals surface area contributed by atoms with Crippen molar-refractivity contribution in [2.75, 3.05) is 36.0 Å². The Labute approximate surface area is 173 Å². The van der Waals surface area contributed by atoms with Gasteiger partial charge in [-0.25, -0.2) is 4.98 Å². The van der Waals surface area contributed by atoms with Crippen LogP contribution in [0, 0.1) is 6.92 Å². The van der Waals surface area contributed by atoms with E-state index in [1.807, 2.05) is 30.0 Å². The second-order valence-corrected chi connectivity index (χ2v) is 7.38. The van der Waals surface area contributed by atoms with Crippen molar-refractivity contribution in [3.8, 4) is 0 Å². The van der Waals surface area contributed by atoms with Gasteiger partial charge in [0.05, 0.1) is 11.3 Å². The molecule has 1 saturated heterocycles. The van der Waals surface area contributed by atoms with Crippen molar-refractivity contribution in [2.45, 2.75) is 19.5 Å². The zero-order valence-electron chi connectivity index (χ0n) is 16.6. The smallest absolute Gasteiger partial charge is 0.353 e. The Bertz CT molecular complexity index is 982. The van der Waals surface area contributed by atoms with Crippen LogP contribution >= 0.6 is 0 Å². The van der Waals surface area contributed by atoms with Crippen molar-refractivity contribution >= 4 is 11.6 Å². The lowest BCUT2D eigenvalue weighted by Crippen LogP contribution is -2.47. The molecule has 4 rings (SSSR count). The molecule has 0 radical (unpaired) electrons. The fourth-order valence-electron chi connectivity index (χ4n) is 3.63. The summed E-state index contributed by atoms with van der Waals surface area (Å²) < 4.78 is 38.1. The molecule has 3 heterocycles. The number of alkyl halides is 3. The van der Waals surface area contributed by atoms with Crippen LogP contribution in [0.2, 0.25) is 0 Å². The maximum absolute atomic E-state index is 12.7. The van der Waals surface area contributed by atoms with Crippen molar-refractivity contribution in [1.82, 2.24) is 15.2 Å². The van der Waals surface area contributed by atoms with Crippen LogP contribution in [0.25, 0.3) is 0 Å². The van der Waals surface area contributed by atoms with Crippen molar-refractivity contribution in [3.05, 3.63) is 77.1 Å². The highest BCUT2D eigenvalue weighted by Gasteiger charge is 2.31. The third kappa shape index (κ3) is 4.53. The van der Waals surface area contributed by atoms with Crippen molar-refractivity contribution in [2.24, 2.45) is 0 Å². The van der Waals surface area contributed by atoms with Gasteiger partial charge in [-0.1, -0.05) is 30.3 Å². The molecule has 1 aromatic carbocycles. The van der Waals surface area contributed by atoms with E-state index in [-0.39, 0.29) is 0 Å². The predicted octanol–water partition coefficient (Wildman–Crippen LogP) is 4.12. The van der Waals surface area contributed by atoms with Gasteiger partial charge in [-0.2, -0.15) is 18.3 Å².